The van der Waals surface area contributed by atoms with Crippen molar-refractivity contribution in [1.29, 1.82) is 0 Å². The smallest absolute Gasteiger partial charge is 0.335 e. The summed E-state index contributed by atoms with van der Waals surface area (Å²) in [6, 6.07) is 6.18. The predicted octanol–water partition coefficient (Wildman–Crippen LogP) is 1.55. The van der Waals surface area contributed by atoms with Crippen LogP contribution in [-0.2, 0) is 21.3 Å². The van der Waals surface area contributed by atoms with E-state index in [0.29, 0.717) is 6.54 Å². The number of hydrogen-bond acceptors (Lipinski definition) is 3. The maximum absolute atomic E-state index is 11.8. The van der Waals surface area contributed by atoms with Gasteiger partial charge in [-0.05, 0) is 24.1 Å². The zero-order valence-corrected chi connectivity index (χ0v) is 12.2. The van der Waals surface area contributed by atoms with Crippen molar-refractivity contribution >= 4 is 22.7 Å². The SMILES string of the molecule is CCCCNC(=O)CS(=O)Cc1ccc(C(=O)O)cc1. The number of carbonyl (C=O) groups is 2. The summed E-state index contributed by atoms with van der Waals surface area (Å²) >= 11 is 0. The van der Waals surface area contributed by atoms with E-state index in [1.54, 1.807) is 12.1 Å². The van der Waals surface area contributed by atoms with Crippen molar-refractivity contribution < 1.29 is 18.9 Å². The van der Waals surface area contributed by atoms with E-state index in [4.69, 9.17) is 5.11 Å². The van der Waals surface area contributed by atoms with Crippen molar-refractivity contribution in [1.82, 2.24) is 5.32 Å². The summed E-state index contributed by atoms with van der Waals surface area (Å²) in [5.41, 5.74) is 0.950. The summed E-state index contributed by atoms with van der Waals surface area (Å²) in [6.07, 6.45) is 1.91. The maximum atomic E-state index is 11.8. The van der Waals surface area contributed by atoms with Crippen molar-refractivity contribution in [2.75, 3.05) is 12.3 Å². The van der Waals surface area contributed by atoms with Gasteiger partial charge in [-0.15, -0.1) is 0 Å². The topological polar surface area (TPSA) is 83.5 Å². The van der Waals surface area contributed by atoms with E-state index in [-0.39, 0.29) is 23.0 Å². The standard InChI is InChI=1S/C14H19NO4S/c1-2-3-8-15-13(16)10-20(19)9-11-4-6-12(7-5-11)14(17)18/h4-7H,2-3,8-10H2,1H3,(H,15,16)(H,17,18). The normalized spacial score (nSPS) is 11.8. The highest BCUT2D eigenvalue weighted by Crippen LogP contribution is 2.07. The van der Waals surface area contributed by atoms with Gasteiger partial charge in [0.2, 0.25) is 5.91 Å². The van der Waals surface area contributed by atoms with Gasteiger partial charge in [-0.2, -0.15) is 0 Å². The molecule has 20 heavy (non-hydrogen) atoms. The second-order valence-electron chi connectivity index (χ2n) is 4.43. The second kappa shape index (κ2) is 8.47. The van der Waals surface area contributed by atoms with Crippen LogP contribution in [0.25, 0.3) is 0 Å². The molecular formula is C14H19NO4S. The number of nitrogens with one attached hydrogen (secondary N) is 1. The summed E-state index contributed by atoms with van der Waals surface area (Å²) in [6.45, 7) is 2.64. The monoisotopic (exact) mass is 297 g/mol. The highest BCUT2D eigenvalue weighted by atomic mass is 32.2. The largest absolute Gasteiger partial charge is 0.478 e. The fourth-order valence-electron chi connectivity index (χ4n) is 1.58. The number of carboxylic acids is 1. The number of aromatic carboxylic acids is 1. The molecule has 0 spiro atoms. The molecule has 0 aliphatic heterocycles. The van der Waals surface area contributed by atoms with Crippen molar-refractivity contribution in [3.8, 4) is 0 Å². The van der Waals surface area contributed by atoms with E-state index >= 15 is 0 Å². The van der Waals surface area contributed by atoms with Crippen LogP contribution in [0.5, 0.6) is 0 Å². The molecule has 1 aromatic carbocycles. The zero-order valence-electron chi connectivity index (χ0n) is 11.4. The molecule has 0 radical (unpaired) electrons. The second-order valence-corrected chi connectivity index (χ2v) is 5.89. The molecule has 0 bridgehead atoms. The number of benzene rings is 1. The molecule has 0 fully saturated rings. The number of carbonyl (C=O) groups excluding carboxylic acids is 1. The predicted molar refractivity (Wildman–Crippen MR) is 78.0 cm³/mol. The lowest BCUT2D eigenvalue weighted by atomic mass is 10.1. The van der Waals surface area contributed by atoms with Crippen LogP contribution < -0.4 is 5.32 Å². The Hall–Kier alpha value is -1.69. The third-order valence-electron chi connectivity index (χ3n) is 2.67. The minimum atomic E-state index is -1.28. The summed E-state index contributed by atoms with van der Waals surface area (Å²) in [5, 5.41) is 11.5. The summed E-state index contributed by atoms with van der Waals surface area (Å²) in [5.74, 6) is -0.974. The van der Waals surface area contributed by atoms with E-state index in [1.165, 1.54) is 12.1 Å². The Kier molecular flexibility index (Phi) is 6.93. The third-order valence-corrected chi connectivity index (χ3v) is 3.91. The molecule has 1 amide bonds. The first-order valence-corrected chi connectivity index (χ1v) is 7.95. The molecule has 0 heterocycles. The van der Waals surface area contributed by atoms with Gasteiger partial charge >= 0.3 is 5.97 Å². The minimum absolute atomic E-state index is 0.0234. The first-order valence-electron chi connectivity index (χ1n) is 6.47. The maximum Gasteiger partial charge on any atom is 0.335 e. The van der Waals surface area contributed by atoms with E-state index in [1.807, 2.05) is 6.92 Å². The lowest BCUT2D eigenvalue weighted by Gasteiger charge is -2.05. The molecule has 1 aromatic rings. The van der Waals surface area contributed by atoms with Gasteiger partial charge in [0.25, 0.3) is 0 Å². The van der Waals surface area contributed by atoms with Gasteiger partial charge in [-0.25, -0.2) is 4.79 Å². The van der Waals surface area contributed by atoms with Crippen LogP contribution >= 0.6 is 0 Å². The summed E-state index contributed by atoms with van der Waals surface area (Å²) in [7, 11) is -1.28. The van der Waals surface area contributed by atoms with Crippen LogP contribution in [-0.4, -0.2) is 33.5 Å². The van der Waals surface area contributed by atoms with E-state index in [2.05, 4.69) is 5.32 Å². The molecule has 1 unspecified atom stereocenters. The minimum Gasteiger partial charge on any atom is -0.478 e. The van der Waals surface area contributed by atoms with E-state index in [9.17, 15) is 13.8 Å². The van der Waals surface area contributed by atoms with Crippen LogP contribution in [0.1, 0.15) is 35.7 Å². The zero-order chi connectivity index (χ0) is 15.0. The molecular weight excluding hydrogens is 278 g/mol. The van der Waals surface area contributed by atoms with Gasteiger partial charge < -0.3 is 10.4 Å². The van der Waals surface area contributed by atoms with Crippen molar-refractivity contribution in [2.24, 2.45) is 0 Å². The Labute approximate surface area is 120 Å². The van der Waals surface area contributed by atoms with Gasteiger partial charge in [0, 0.05) is 23.1 Å². The fourth-order valence-corrected chi connectivity index (χ4v) is 2.64. The fraction of sp³-hybridized carbons (Fsp3) is 0.429. The van der Waals surface area contributed by atoms with Gasteiger partial charge in [-0.3, -0.25) is 9.00 Å². The average molecular weight is 297 g/mol. The Morgan fingerprint density at radius 2 is 1.90 bits per heavy atom. The van der Waals surface area contributed by atoms with Crippen LogP contribution in [0.15, 0.2) is 24.3 Å². The molecule has 0 saturated carbocycles. The molecule has 1 atom stereocenters. The Bertz CT molecular complexity index is 484. The molecule has 0 aromatic heterocycles. The number of carboxylic acid groups (broad SMARTS) is 1. The van der Waals surface area contributed by atoms with Crippen molar-refractivity contribution in [3.63, 3.8) is 0 Å². The van der Waals surface area contributed by atoms with Crippen LogP contribution in [0, 0.1) is 0 Å². The van der Waals surface area contributed by atoms with Crippen LogP contribution in [0.2, 0.25) is 0 Å². The van der Waals surface area contributed by atoms with Crippen LogP contribution in [0.3, 0.4) is 0 Å². The molecule has 1 rings (SSSR count). The Morgan fingerprint density at radius 3 is 2.45 bits per heavy atom. The number of hydrogen-bond donors (Lipinski definition) is 2. The van der Waals surface area contributed by atoms with Crippen molar-refractivity contribution in [2.45, 2.75) is 25.5 Å². The van der Waals surface area contributed by atoms with Gasteiger partial charge in [0.15, 0.2) is 0 Å². The Morgan fingerprint density at radius 1 is 1.25 bits per heavy atom. The quantitative estimate of drug-likeness (QED) is 0.713. The van der Waals surface area contributed by atoms with Gasteiger partial charge in [-0.1, -0.05) is 25.5 Å². The van der Waals surface area contributed by atoms with E-state index < -0.39 is 16.8 Å². The molecule has 2 N–H and O–H groups in total. The highest BCUT2D eigenvalue weighted by Gasteiger charge is 2.09. The number of rotatable bonds is 8. The lowest BCUT2D eigenvalue weighted by Crippen LogP contribution is -2.29. The molecule has 110 valence electrons. The van der Waals surface area contributed by atoms with Crippen molar-refractivity contribution in [3.05, 3.63) is 35.4 Å². The number of amides is 1. The average Bonchev–Trinajstić information content (AvgIpc) is 2.39. The Balaban J connectivity index is 2.42. The summed E-state index contributed by atoms with van der Waals surface area (Å²) in [4.78, 5) is 22.2. The number of unbranched alkanes of at least 4 members (excludes halogenated alkanes) is 1. The van der Waals surface area contributed by atoms with Crippen LogP contribution in [0.4, 0.5) is 0 Å². The third kappa shape index (κ3) is 5.97. The van der Waals surface area contributed by atoms with E-state index in [0.717, 1.165) is 18.4 Å². The first-order chi connectivity index (χ1) is 9.52. The molecule has 5 nitrogen and oxygen atoms in total. The molecule has 6 heteroatoms. The van der Waals surface area contributed by atoms with Gasteiger partial charge in [0.1, 0.15) is 5.75 Å². The molecule has 0 aliphatic carbocycles. The molecule has 0 aliphatic rings. The first kappa shape index (κ1) is 16.4. The van der Waals surface area contributed by atoms with Gasteiger partial charge in [0.05, 0.1) is 5.56 Å². The summed E-state index contributed by atoms with van der Waals surface area (Å²) < 4.78 is 11.8. The highest BCUT2D eigenvalue weighted by molar-refractivity contribution is 7.84. The molecule has 0 saturated heterocycles. The lowest BCUT2D eigenvalue weighted by molar-refractivity contribution is -0.118.